The van der Waals surface area contributed by atoms with Crippen LogP contribution in [0.15, 0.2) is 93.4 Å². The van der Waals surface area contributed by atoms with Crippen LogP contribution in [0.5, 0.6) is 0 Å². The third-order valence-corrected chi connectivity index (χ3v) is 4.92. The lowest BCUT2D eigenvalue weighted by atomic mass is 10.1. The Hall–Kier alpha value is -3.58. The molecule has 0 aliphatic heterocycles. The lowest BCUT2D eigenvalue weighted by Gasteiger charge is -2.05. The van der Waals surface area contributed by atoms with Crippen LogP contribution in [0.1, 0.15) is 0 Å². The summed E-state index contributed by atoms with van der Waals surface area (Å²) in [7, 11) is 0. The minimum absolute atomic E-state index is 0.0964. The van der Waals surface area contributed by atoms with Crippen molar-refractivity contribution in [1.29, 1.82) is 0 Å². The van der Waals surface area contributed by atoms with E-state index in [9.17, 15) is 9.59 Å². The number of hydrogen-bond acceptors (Lipinski definition) is 4. The fourth-order valence-electron chi connectivity index (χ4n) is 2.95. The monoisotopic (exact) mass is 446 g/mol. The number of H-pyrrole nitrogens is 2. The van der Waals surface area contributed by atoms with Gasteiger partial charge in [-0.15, -0.1) is 0 Å². The molecule has 29 heavy (non-hydrogen) atoms. The molecule has 4 aromatic heterocycles. The molecule has 0 unspecified atom stereocenters. The quantitative estimate of drug-likeness (QED) is 0.402. The van der Waals surface area contributed by atoms with Crippen LogP contribution < -0.4 is 11.1 Å². The molecule has 142 valence electrons. The number of fused-ring (bicyclic) bond motifs is 2. The summed E-state index contributed by atoms with van der Waals surface area (Å²) < 4.78 is 0.803. The first-order valence-electron chi connectivity index (χ1n) is 8.77. The number of pyridine rings is 4. The minimum atomic E-state index is -0.102. The first-order valence-corrected chi connectivity index (χ1v) is 9.56. The number of aromatic nitrogens is 4. The Labute approximate surface area is 173 Å². The second-order valence-corrected chi connectivity index (χ2v) is 7.10. The van der Waals surface area contributed by atoms with Gasteiger partial charge in [-0.3, -0.25) is 19.6 Å². The normalized spacial score (nSPS) is 10.5. The molecule has 0 saturated carbocycles. The molecule has 5 rings (SSSR count). The lowest BCUT2D eigenvalue weighted by molar-refractivity contribution is 1.26. The Morgan fingerprint density at radius 1 is 0.655 bits per heavy atom. The second kappa shape index (κ2) is 8.20. The Morgan fingerprint density at radius 3 is 1.93 bits per heavy atom. The average molecular weight is 447 g/mol. The molecule has 5 aromatic rings. The summed E-state index contributed by atoms with van der Waals surface area (Å²) in [6.07, 6.45) is 6.87. The van der Waals surface area contributed by atoms with Crippen molar-refractivity contribution in [1.82, 2.24) is 19.9 Å². The maximum atomic E-state index is 11.4. The van der Waals surface area contributed by atoms with Crippen molar-refractivity contribution < 1.29 is 0 Å². The van der Waals surface area contributed by atoms with E-state index in [1.807, 2.05) is 30.3 Å². The molecule has 2 N–H and O–H groups in total. The molecular formula is C22H15BrN4O2. The van der Waals surface area contributed by atoms with E-state index in [0.717, 1.165) is 37.4 Å². The van der Waals surface area contributed by atoms with E-state index in [4.69, 9.17) is 0 Å². The van der Waals surface area contributed by atoms with Crippen molar-refractivity contribution in [2.24, 2.45) is 0 Å². The summed E-state index contributed by atoms with van der Waals surface area (Å²) in [5.74, 6) is 0. The molecular weight excluding hydrogens is 432 g/mol. The van der Waals surface area contributed by atoms with Crippen LogP contribution in [0.2, 0.25) is 0 Å². The smallest absolute Gasteiger partial charge is 0.248 e. The molecule has 0 saturated heterocycles. The molecule has 0 aliphatic carbocycles. The predicted molar refractivity (Wildman–Crippen MR) is 118 cm³/mol. The van der Waals surface area contributed by atoms with Crippen molar-refractivity contribution in [3.05, 3.63) is 105 Å². The molecule has 0 radical (unpaired) electrons. The first kappa shape index (κ1) is 18.8. The standard InChI is InChI=1S/C14H10N2O.C8H5BrN2O/c17-13-7-6-11-8-15-9-12(14(11)16-13)10-4-2-1-3-5-10;9-6-4-10-3-5-1-2-7(12)11-8(5)6/h1-9H,(H,16,17);1-4H,(H,11,12). The number of halogens is 1. The van der Waals surface area contributed by atoms with Gasteiger partial charge < -0.3 is 9.97 Å². The maximum Gasteiger partial charge on any atom is 0.248 e. The van der Waals surface area contributed by atoms with E-state index >= 15 is 0 Å². The number of hydrogen-bond donors (Lipinski definition) is 2. The van der Waals surface area contributed by atoms with Gasteiger partial charge in [-0.2, -0.15) is 0 Å². The van der Waals surface area contributed by atoms with Gasteiger partial charge in [0.05, 0.1) is 15.5 Å². The summed E-state index contributed by atoms with van der Waals surface area (Å²) in [5, 5.41) is 1.86. The minimum Gasteiger partial charge on any atom is -0.321 e. The molecule has 0 spiro atoms. The highest BCUT2D eigenvalue weighted by Crippen LogP contribution is 2.24. The van der Waals surface area contributed by atoms with Gasteiger partial charge in [-0.1, -0.05) is 30.3 Å². The van der Waals surface area contributed by atoms with Crippen molar-refractivity contribution in [2.75, 3.05) is 0 Å². The lowest BCUT2D eigenvalue weighted by Crippen LogP contribution is -2.03. The predicted octanol–water partition coefficient (Wildman–Crippen LogP) is 4.28. The molecule has 6 nitrogen and oxygen atoms in total. The van der Waals surface area contributed by atoms with E-state index < -0.39 is 0 Å². The Kier molecular flexibility index (Phi) is 5.31. The van der Waals surface area contributed by atoms with Crippen LogP contribution in [0, 0.1) is 0 Å². The Morgan fingerprint density at radius 2 is 1.24 bits per heavy atom. The highest BCUT2D eigenvalue weighted by atomic mass is 79.9. The van der Waals surface area contributed by atoms with E-state index in [0.29, 0.717) is 0 Å². The zero-order chi connectivity index (χ0) is 20.2. The van der Waals surface area contributed by atoms with E-state index in [2.05, 4.69) is 35.9 Å². The van der Waals surface area contributed by atoms with E-state index in [1.165, 1.54) is 12.1 Å². The average Bonchev–Trinajstić information content (AvgIpc) is 2.75. The first-order chi connectivity index (χ1) is 14.1. The van der Waals surface area contributed by atoms with Crippen molar-refractivity contribution in [3.63, 3.8) is 0 Å². The molecule has 0 bridgehead atoms. The van der Waals surface area contributed by atoms with Gasteiger partial charge >= 0.3 is 0 Å². The van der Waals surface area contributed by atoms with Crippen LogP contribution in [0.25, 0.3) is 32.9 Å². The largest absolute Gasteiger partial charge is 0.321 e. The van der Waals surface area contributed by atoms with Crippen LogP contribution in [0.4, 0.5) is 0 Å². The number of aromatic amines is 2. The molecule has 4 heterocycles. The summed E-state index contributed by atoms with van der Waals surface area (Å²) in [6.45, 7) is 0. The van der Waals surface area contributed by atoms with E-state index in [-0.39, 0.29) is 11.1 Å². The van der Waals surface area contributed by atoms with Crippen LogP contribution in [-0.2, 0) is 0 Å². The third kappa shape index (κ3) is 4.14. The summed E-state index contributed by atoms with van der Waals surface area (Å²) in [5.41, 5.74) is 3.42. The van der Waals surface area contributed by atoms with Gasteiger partial charge in [0.1, 0.15) is 0 Å². The number of nitrogens with one attached hydrogen (secondary N) is 2. The molecule has 0 aliphatic rings. The van der Waals surface area contributed by atoms with Gasteiger partial charge in [-0.05, 0) is 33.6 Å². The molecule has 1 aromatic carbocycles. The molecule has 0 fully saturated rings. The molecule has 0 amide bonds. The summed E-state index contributed by atoms with van der Waals surface area (Å²) in [4.78, 5) is 36.1. The number of benzene rings is 1. The number of nitrogens with zero attached hydrogens (tertiary/aromatic N) is 2. The van der Waals surface area contributed by atoms with Gasteiger partial charge in [0.15, 0.2) is 0 Å². The van der Waals surface area contributed by atoms with Crippen LogP contribution in [0.3, 0.4) is 0 Å². The van der Waals surface area contributed by atoms with Gasteiger partial charge in [-0.25, -0.2) is 0 Å². The van der Waals surface area contributed by atoms with Gasteiger partial charge in [0.25, 0.3) is 0 Å². The molecule has 7 heteroatoms. The van der Waals surface area contributed by atoms with Crippen molar-refractivity contribution in [2.45, 2.75) is 0 Å². The van der Waals surface area contributed by atoms with Crippen molar-refractivity contribution >= 4 is 37.7 Å². The van der Waals surface area contributed by atoms with Crippen LogP contribution >= 0.6 is 15.9 Å². The SMILES string of the molecule is O=c1ccc2cncc(-c3ccccc3)c2[nH]1.O=c1ccc2cncc(Br)c2[nH]1. The van der Waals surface area contributed by atoms with Crippen LogP contribution in [-0.4, -0.2) is 19.9 Å². The fraction of sp³-hybridized carbons (Fsp3) is 0. The summed E-state index contributed by atoms with van der Waals surface area (Å²) >= 11 is 3.30. The second-order valence-electron chi connectivity index (χ2n) is 6.25. The number of rotatable bonds is 1. The van der Waals surface area contributed by atoms with E-state index in [1.54, 1.807) is 36.9 Å². The third-order valence-electron chi connectivity index (χ3n) is 4.31. The topological polar surface area (TPSA) is 91.5 Å². The summed E-state index contributed by atoms with van der Waals surface area (Å²) in [6, 6.07) is 16.4. The zero-order valence-electron chi connectivity index (χ0n) is 15.1. The highest BCUT2D eigenvalue weighted by Gasteiger charge is 2.04. The highest BCUT2D eigenvalue weighted by molar-refractivity contribution is 9.10. The Balaban J connectivity index is 0.000000150. The van der Waals surface area contributed by atoms with Gasteiger partial charge in [0, 0.05) is 53.3 Å². The zero-order valence-corrected chi connectivity index (χ0v) is 16.7. The maximum absolute atomic E-state index is 11.4. The van der Waals surface area contributed by atoms with Gasteiger partial charge in [0.2, 0.25) is 11.1 Å². The van der Waals surface area contributed by atoms with Crippen molar-refractivity contribution in [3.8, 4) is 11.1 Å². The Bertz CT molecular complexity index is 1410. The fourth-order valence-corrected chi connectivity index (χ4v) is 3.39. The molecule has 0 atom stereocenters.